The van der Waals surface area contributed by atoms with E-state index in [4.69, 9.17) is 10.8 Å². The van der Waals surface area contributed by atoms with Crippen LogP contribution >= 0.6 is 0 Å². The van der Waals surface area contributed by atoms with Crippen molar-refractivity contribution in [3.8, 4) is 0 Å². The van der Waals surface area contributed by atoms with Crippen LogP contribution in [0.3, 0.4) is 0 Å². The van der Waals surface area contributed by atoms with E-state index in [1.807, 2.05) is 11.8 Å². The lowest BCUT2D eigenvalue weighted by molar-refractivity contribution is -0.384. The maximum atomic E-state index is 10.7. The predicted molar refractivity (Wildman–Crippen MR) is 65.5 cm³/mol. The predicted octanol–water partition coefficient (Wildman–Crippen LogP) is 0.991. The van der Waals surface area contributed by atoms with Gasteiger partial charge in [0.15, 0.2) is 0 Å². The van der Waals surface area contributed by atoms with Crippen LogP contribution in [0.1, 0.15) is 12.5 Å². The Morgan fingerprint density at radius 1 is 1.53 bits per heavy atom. The summed E-state index contributed by atoms with van der Waals surface area (Å²) in [4.78, 5) is 12.2. The van der Waals surface area contributed by atoms with Gasteiger partial charge in [0, 0.05) is 19.2 Å². The van der Waals surface area contributed by atoms with Gasteiger partial charge in [-0.3, -0.25) is 15.0 Å². The standard InChI is InChI=1S/C11H17N3O3/c1-2-13(5-6-15)8-9-3-4-10(12)11(7-9)14(16)17/h3-4,7,15H,2,5-6,8,12H2,1H3. The lowest BCUT2D eigenvalue weighted by Crippen LogP contribution is -2.26. The Kier molecular flexibility index (Phi) is 4.86. The van der Waals surface area contributed by atoms with Crippen LogP contribution in [-0.2, 0) is 6.54 Å². The molecule has 1 rings (SSSR count). The van der Waals surface area contributed by atoms with Crippen molar-refractivity contribution in [1.29, 1.82) is 0 Å². The maximum Gasteiger partial charge on any atom is 0.292 e. The van der Waals surface area contributed by atoms with Gasteiger partial charge in [-0.1, -0.05) is 13.0 Å². The van der Waals surface area contributed by atoms with E-state index in [1.165, 1.54) is 6.07 Å². The molecule has 6 heteroatoms. The van der Waals surface area contributed by atoms with Gasteiger partial charge in [-0.15, -0.1) is 0 Å². The molecule has 0 atom stereocenters. The zero-order valence-electron chi connectivity index (χ0n) is 9.80. The summed E-state index contributed by atoms with van der Waals surface area (Å²) in [5.41, 5.74) is 6.44. The van der Waals surface area contributed by atoms with E-state index >= 15 is 0 Å². The Morgan fingerprint density at radius 3 is 2.76 bits per heavy atom. The zero-order chi connectivity index (χ0) is 12.8. The smallest absolute Gasteiger partial charge is 0.292 e. The molecule has 0 fully saturated rings. The van der Waals surface area contributed by atoms with Crippen LogP contribution in [0.15, 0.2) is 18.2 Å². The summed E-state index contributed by atoms with van der Waals surface area (Å²) in [5.74, 6) is 0. The first-order valence-corrected chi connectivity index (χ1v) is 5.44. The lowest BCUT2D eigenvalue weighted by Gasteiger charge is -2.18. The molecule has 1 aromatic rings. The minimum Gasteiger partial charge on any atom is -0.395 e. The van der Waals surface area contributed by atoms with Crippen LogP contribution in [0.4, 0.5) is 11.4 Å². The summed E-state index contributed by atoms with van der Waals surface area (Å²) in [7, 11) is 0. The molecule has 0 aliphatic heterocycles. The molecule has 0 unspecified atom stereocenters. The first kappa shape index (κ1) is 13.4. The topological polar surface area (TPSA) is 92.6 Å². The Labute approximate surface area is 99.8 Å². The Hall–Kier alpha value is -1.66. The number of aliphatic hydroxyl groups is 1. The fourth-order valence-electron chi connectivity index (χ4n) is 1.59. The van der Waals surface area contributed by atoms with Crippen LogP contribution in [0.5, 0.6) is 0 Å². The fourth-order valence-corrected chi connectivity index (χ4v) is 1.59. The molecule has 94 valence electrons. The van der Waals surface area contributed by atoms with Gasteiger partial charge in [-0.25, -0.2) is 0 Å². The number of aliphatic hydroxyl groups excluding tert-OH is 1. The molecule has 0 radical (unpaired) electrons. The number of likely N-dealkylation sites (N-methyl/N-ethyl adjacent to an activating group) is 1. The number of nitrogen functional groups attached to an aromatic ring is 1. The van der Waals surface area contributed by atoms with Crippen molar-refractivity contribution in [2.75, 3.05) is 25.4 Å². The molecule has 0 amide bonds. The number of nitrogens with two attached hydrogens (primary N) is 1. The second kappa shape index (κ2) is 6.17. The molecule has 0 saturated heterocycles. The molecule has 0 saturated carbocycles. The van der Waals surface area contributed by atoms with E-state index in [0.717, 1.165) is 12.1 Å². The molecule has 0 aliphatic rings. The van der Waals surface area contributed by atoms with Crippen molar-refractivity contribution < 1.29 is 10.0 Å². The summed E-state index contributed by atoms with van der Waals surface area (Å²) in [6.45, 7) is 3.94. The second-order valence-corrected chi connectivity index (χ2v) is 3.74. The molecule has 0 bridgehead atoms. The van der Waals surface area contributed by atoms with Gasteiger partial charge in [-0.2, -0.15) is 0 Å². The van der Waals surface area contributed by atoms with Crippen molar-refractivity contribution in [1.82, 2.24) is 4.90 Å². The lowest BCUT2D eigenvalue weighted by atomic mass is 10.1. The fraction of sp³-hybridized carbons (Fsp3) is 0.455. The van der Waals surface area contributed by atoms with Crippen molar-refractivity contribution in [3.63, 3.8) is 0 Å². The third-order valence-corrected chi connectivity index (χ3v) is 2.56. The molecule has 0 heterocycles. The van der Waals surface area contributed by atoms with Crippen LogP contribution in [-0.4, -0.2) is 34.6 Å². The summed E-state index contributed by atoms with van der Waals surface area (Å²) in [6, 6.07) is 4.79. The number of nitrogens with zero attached hydrogens (tertiary/aromatic N) is 2. The number of rotatable bonds is 6. The van der Waals surface area contributed by atoms with Crippen molar-refractivity contribution in [2.45, 2.75) is 13.5 Å². The Balaban J connectivity index is 2.84. The summed E-state index contributed by atoms with van der Waals surface area (Å²) >= 11 is 0. The number of benzene rings is 1. The molecule has 0 aliphatic carbocycles. The first-order chi connectivity index (χ1) is 8.08. The third-order valence-electron chi connectivity index (χ3n) is 2.56. The second-order valence-electron chi connectivity index (χ2n) is 3.74. The average molecular weight is 239 g/mol. The molecule has 17 heavy (non-hydrogen) atoms. The van der Waals surface area contributed by atoms with E-state index in [-0.39, 0.29) is 18.0 Å². The Bertz CT molecular complexity index is 396. The highest BCUT2D eigenvalue weighted by Crippen LogP contribution is 2.22. The zero-order valence-corrected chi connectivity index (χ0v) is 9.80. The molecule has 3 N–H and O–H groups in total. The summed E-state index contributed by atoms with van der Waals surface area (Å²) < 4.78 is 0. The molecule has 0 spiro atoms. The molecule has 1 aromatic carbocycles. The highest BCUT2D eigenvalue weighted by Gasteiger charge is 2.13. The van der Waals surface area contributed by atoms with E-state index in [2.05, 4.69) is 0 Å². The number of anilines is 1. The van der Waals surface area contributed by atoms with Crippen LogP contribution < -0.4 is 5.73 Å². The van der Waals surface area contributed by atoms with Crippen LogP contribution in [0.2, 0.25) is 0 Å². The Morgan fingerprint density at radius 2 is 2.24 bits per heavy atom. The summed E-state index contributed by atoms with van der Waals surface area (Å²) in [5, 5.41) is 19.6. The van der Waals surface area contributed by atoms with Crippen molar-refractivity contribution >= 4 is 11.4 Å². The van der Waals surface area contributed by atoms with Gasteiger partial charge >= 0.3 is 0 Å². The quantitative estimate of drug-likeness (QED) is 0.438. The number of hydrogen-bond acceptors (Lipinski definition) is 5. The monoisotopic (exact) mass is 239 g/mol. The molecular formula is C11H17N3O3. The van der Waals surface area contributed by atoms with Crippen molar-refractivity contribution in [2.24, 2.45) is 0 Å². The third kappa shape index (κ3) is 3.69. The molecule has 0 aromatic heterocycles. The largest absolute Gasteiger partial charge is 0.395 e. The van der Waals surface area contributed by atoms with E-state index in [1.54, 1.807) is 12.1 Å². The first-order valence-electron chi connectivity index (χ1n) is 5.44. The van der Waals surface area contributed by atoms with Gasteiger partial charge < -0.3 is 10.8 Å². The number of hydrogen-bond donors (Lipinski definition) is 2. The average Bonchev–Trinajstić information content (AvgIpc) is 2.30. The van der Waals surface area contributed by atoms with E-state index < -0.39 is 4.92 Å². The van der Waals surface area contributed by atoms with Crippen LogP contribution in [0, 0.1) is 10.1 Å². The van der Waals surface area contributed by atoms with Crippen LogP contribution in [0.25, 0.3) is 0 Å². The summed E-state index contributed by atoms with van der Waals surface area (Å²) in [6.07, 6.45) is 0. The highest BCUT2D eigenvalue weighted by atomic mass is 16.6. The molecule has 6 nitrogen and oxygen atoms in total. The minimum atomic E-state index is -0.485. The van der Waals surface area contributed by atoms with Gasteiger partial charge in [0.2, 0.25) is 0 Å². The van der Waals surface area contributed by atoms with Gasteiger partial charge in [0.25, 0.3) is 5.69 Å². The SMILES string of the molecule is CCN(CCO)Cc1ccc(N)c([N+](=O)[O-])c1. The van der Waals surface area contributed by atoms with Crippen molar-refractivity contribution in [3.05, 3.63) is 33.9 Å². The maximum absolute atomic E-state index is 10.7. The number of nitro groups is 1. The van der Waals surface area contributed by atoms with E-state index in [0.29, 0.717) is 13.1 Å². The minimum absolute atomic E-state index is 0.0671. The van der Waals surface area contributed by atoms with Gasteiger partial charge in [0.05, 0.1) is 11.5 Å². The van der Waals surface area contributed by atoms with Gasteiger partial charge in [0.1, 0.15) is 5.69 Å². The highest BCUT2D eigenvalue weighted by molar-refractivity contribution is 5.59. The van der Waals surface area contributed by atoms with E-state index in [9.17, 15) is 10.1 Å². The number of nitro benzene ring substituents is 1. The normalized spacial score (nSPS) is 10.8. The van der Waals surface area contributed by atoms with Gasteiger partial charge in [-0.05, 0) is 18.2 Å². The molecular weight excluding hydrogens is 222 g/mol.